The van der Waals surface area contributed by atoms with Gasteiger partial charge < -0.3 is 10.0 Å². The van der Waals surface area contributed by atoms with Gasteiger partial charge in [-0.25, -0.2) is 17.6 Å². The minimum absolute atomic E-state index is 0.0309. The van der Waals surface area contributed by atoms with Crippen LogP contribution in [0.25, 0.3) is 0 Å². The highest BCUT2D eigenvalue weighted by molar-refractivity contribution is 7.89. The maximum Gasteiger partial charge on any atom is 0.335 e. The first kappa shape index (κ1) is 17.4. The molecule has 0 aromatic heterocycles. The van der Waals surface area contributed by atoms with Crippen LogP contribution >= 0.6 is 0 Å². The number of hydrogen-bond acceptors (Lipinski definition) is 4. The molecule has 8 heteroatoms. The van der Waals surface area contributed by atoms with E-state index in [4.69, 9.17) is 5.11 Å². The van der Waals surface area contributed by atoms with Gasteiger partial charge in [0.15, 0.2) is 0 Å². The second-order valence-corrected chi connectivity index (χ2v) is 7.61. The molecule has 0 aliphatic carbocycles. The van der Waals surface area contributed by atoms with Crippen LogP contribution in [-0.4, -0.2) is 50.0 Å². The van der Waals surface area contributed by atoms with Gasteiger partial charge in [0.1, 0.15) is 5.82 Å². The molecule has 1 N–H and O–H groups in total. The number of sulfonamides is 1. The largest absolute Gasteiger partial charge is 0.478 e. The van der Waals surface area contributed by atoms with E-state index in [1.807, 2.05) is 4.90 Å². The smallest absolute Gasteiger partial charge is 0.335 e. The van der Waals surface area contributed by atoms with E-state index >= 15 is 0 Å². The van der Waals surface area contributed by atoms with E-state index in [0.29, 0.717) is 18.8 Å². The number of carboxylic acids is 1. The highest BCUT2D eigenvalue weighted by Crippen LogP contribution is 2.23. The van der Waals surface area contributed by atoms with Crippen molar-refractivity contribution in [1.82, 2.24) is 4.31 Å². The number of carbonyl (C=O) groups is 1. The Balaban J connectivity index is 1.73. The molecule has 0 atom stereocenters. The van der Waals surface area contributed by atoms with Gasteiger partial charge in [-0.2, -0.15) is 4.31 Å². The lowest BCUT2D eigenvalue weighted by Gasteiger charge is -2.35. The fraction of sp³-hybridized carbons (Fsp3) is 0.235. The van der Waals surface area contributed by atoms with Crippen molar-refractivity contribution in [3.8, 4) is 0 Å². The van der Waals surface area contributed by atoms with Gasteiger partial charge in [0.2, 0.25) is 10.0 Å². The molecule has 1 aliphatic rings. The van der Waals surface area contributed by atoms with Crippen LogP contribution in [0.5, 0.6) is 0 Å². The average Bonchev–Trinajstić information content (AvgIpc) is 2.62. The predicted octanol–water partition coefficient (Wildman–Crippen LogP) is 2.03. The molecule has 0 unspecified atom stereocenters. The Hall–Kier alpha value is -2.45. The van der Waals surface area contributed by atoms with Crippen LogP contribution in [0.2, 0.25) is 0 Å². The Morgan fingerprint density at radius 1 is 0.960 bits per heavy atom. The van der Waals surface area contributed by atoms with Crippen molar-refractivity contribution >= 4 is 21.7 Å². The van der Waals surface area contributed by atoms with Gasteiger partial charge in [-0.1, -0.05) is 12.1 Å². The van der Waals surface area contributed by atoms with Crippen molar-refractivity contribution in [1.29, 1.82) is 0 Å². The predicted molar refractivity (Wildman–Crippen MR) is 90.8 cm³/mol. The highest BCUT2D eigenvalue weighted by Gasteiger charge is 2.29. The molecule has 132 valence electrons. The Morgan fingerprint density at radius 2 is 1.56 bits per heavy atom. The lowest BCUT2D eigenvalue weighted by atomic mass is 10.2. The number of benzene rings is 2. The molecular weight excluding hydrogens is 347 g/mol. The average molecular weight is 364 g/mol. The summed E-state index contributed by atoms with van der Waals surface area (Å²) in [5.74, 6) is -1.44. The number of hydrogen-bond donors (Lipinski definition) is 1. The van der Waals surface area contributed by atoms with Gasteiger partial charge in [-0.15, -0.1) is 0 Å². The van der Waals surface area contributed by atoms with E-state index in [9.17, 15) is 17.6 Å². The molecule has 1 fully saturated rings. The van der Waals surface area contributed by atoms with E-state index in [-0.39, 0.29) is 29.4 Å². The summed E-state index contributed by atoms with van der Waals surface area (Å²) < 4.78 is 40.5. The number of anilines is 1. The lowest BCUT2D eigenvalue weighted by molar-refractivity contribution is 0.0696. The zero-order chi connectivity index (χ0) is 18.0. The molecule has 25 heavy (non-hydrogen) atoms. The number of piperazine rings is 1. The molecule has 0 saturated carbocycles. The first-order valence-electron chi connectivity index (χ1n) is 7.72. The van der Waals surface area contributed by atoms with Crippen LogP contribution in [-0.2, 0) is 10.0 Å². The highest BCUT2D eigenvalue weighted by atomic mass is 32.2. The monoisotopic (exact) mass is 364 g/mol. The topological polar surface area (TPSA) is 77.9 Å². The van der Waals surface area contributed by atoms with Crippen molar-refractivity contribution in [2.75, 3.05) is 31.1 Å². The molecule has 3 rings (SSSR count). The van der Waals surface area contributed by atoms with Crippen LogP contribution < -0.4 is 4.90 Å². The fourth-order valence-corrected chi connectivity index (χ4v) is 4.22. The normalized spacial score (nSPS) is 16.0. The molecule has 0 radical (unpaired) electrons. The summed E-state index contributed by atoms with van der Waals surface area (Å²) in [6, 6.07) is 11.5. The molecule has 0 spiro atoms. The lowest BCUT2D eigenvalue weighted by Crippen LogP contribution is -2.48. The summed E-state index contributed by atoms with van der Waals surface area (Å²) in [4.78, 5) is 12.7. The summed E-state index contributed by atoms with van der Waals surface area (Å²) in [6.07, 6.45) is 0. The summed E-state index contributed by atoms with van der Waals surface area (Å²) >= 11 is 0. The van der Waals surface area contributed by atoms with Crippen molar-refractivity contribution in [2.45, 2.75) is 4.90 Å². The third-order valence-electron chi connectivity index (χ3n) is 4.17. The van der Waals surface area contributed by atoms with Crippen LogP contribution in [0, 0.1) is 5.82 Å². The summed E-state index contributed by atoms with van der Waals surface area (Å²) in [5, 5.41) is 8.89. The molecule has 2 aromatic rings. The van der Waals surface area contributed by atoms with Gasteiger partial charge in [-0.05, 0) is 36.4 Å². The van der Waals surface area contributed by atoms with Crippen molar-refractivity contribution < 1.29 is 22.7 Å². The number of nitrogens with zero attached hydrogens (tertiary/aromatic N) is 2. The van der Waals surface area contributed by atoms with Crippen LogP contribution in [0.1, 0.15) is 10.4 Å². The van der Waals surface area contributed by atoms with E-state index in [1.165, 1.54) is 34.6 Å². The molecule has 0 bridgehead atoms. The quantitative estimate of drug-likeness (QED) is 0.898. The second-order valence-electron chi connectivity index (χ2n) is 5.67. The third kappa shape index (κ3) is 3.49. The van der Waals surface area contributed by atoms with Crippen LogP contribution in [0.4, 0.5) is 10.1 Å². The Morgan fingerprint density at radius 3 is 2.12 bits per heavy atom. The first-order chi connectivity index (χ1) is 11.9. The van der Waals surface area contributed by atoms with Gasteiger partial charge in [0.05, 0.1) is 16.1 Å². The molecular formula is C17H17FN2O4S. The second kappa shape index (κ2) is 6.81. The van der Waals surface area contributed by atoms with Gasteiger partial charge in [0, 0.05) is 26.2 Å². The summed E-state index contributed by atoms with van der Waals surface area (Å²) in [6.45, 7) is 1.23. The fourth-order valence-electron chi connectivity index (χ4n) is 2.80. The van der Waals surface area contributed by atoms with E-state index in [0.717, 1.165) is 0 Å². The summed E-state index contributed by atoms with van der Waals surface area (Å²) in [5.41, 5.74) is 0.494. The first-order valence-corrected chi connectivity index (χ1v) is 9.16. The molecule has 2 aromatic carbocycles. The molecule has 0 amide bonds. The van der Waals surface area contributed by atoms with E-state index in [1.54, 1.807) is 18.2 Å². The van der Waals surface area contributed by atoms with Crippen LogP contribution in [0.3, 0.4) is 0 Å². The summed E-state index contributed by atoms with van der Waals surface area (Å²) in [7, 11) is -3.70. The zero-order valence-corrected chi connectivity index (χ0v) is 14.1. The number of halogens is 1. The maximum atomic E-state index is 13.9. The van der Waals surface area contributed by atoms with Gasteiger partial charge >= 0.3 is 5.97 Å². The third-order valence-corrected chi connectivity index (χ3v) is 6.08. The number of rotatable bonds is 4. The molecule has 1 aliphatic heterocycles. The van der Waals surface area contributed by atoms with Crippen molar-refractivity contribution in [2.24, 2.45) is 0 Å². The minimum Gasteiger partial charge on any atom is -0.478 e. The minimum atomic E-state index is -3.70. The molecule has 1 saturated heterocycles. The van der Waals surface area contributed by atoms with Gasteiger partial charge in [0.25, 0.3) is 0 Å². The maximum absolute atomic E-state index is 13.9. The Bertz CT molecular complexity index is 876. The Kier molecular flexibility index (Phi) is 4.73. The number of para-hydroxylation sites is 1. The van der Waals surface area contributed by atoms with E-state index in [2.05, 4.69) is 0 Å². The molecule has 1 heterocycles. The number of aromatic carboxylic acids is 1. The van der Waals surface area contributed by atoms with Gasteiger partial charge in [-0.3, -0.25) is 0 Å². The zero-order valence-electron chi connectivity index (χ0n) is 13.3. The van der Waals surface area contributed by atoms with E-state index < -0.39 is 16.0 Å². The van der Waals surface area contributed by atoms with Crippen molar-refractivity contribution in [3.63, 3.8) is 0 Å². The SMILES string of the molecule is O=C(O)c1ccc(S(=O)(=O)N2CCN(c3ccccc3F)CC2)cc1. The van der Waals surface area contributed by atoms with Crippen molar-refractivity contribution in [3.05, 3.63) is 59.9 Å². The molecule has 6 nitrogen and oxygen atoms in total. The van der Waals surface area contributed by atoms with Crippen LogP contribution in [0.15, 0.2) is 53.4 Å². The Labute approximate surface area is 145 Å². The number of carboxylic acid groups (broad SMARTS) is 1. The standard InChI is InChI=1S/C17H17FN2O4S/c18-15-3-1-2-4-16(15)19-9-11-20(12-10-19)25(23,24)14-7-5-13(6-8-14)17(21)22/h1-8H,9-12H2,(H,21,22).